The normalized spacial score (nSPS) is 13.0. The lowest BCUT2D eigenvalue weighted by molar-refractivity contribution is -0.110. The Hall–Kier alpha value is -2.07. The molecule has 112 valence electrons. The number of fused-ring (bicyclic) bond motifs is 1. The van der Waals surface area contributed by atoms with Crippen LogP contribution in [0.25, 0.3) is 0 Å². The minimum absolute atomic E-state index is 0.212. The first kappa shape index (κ1) is 14.9. The zero-order valence-electron chi connectivity index (χ0n) is 12.1. The van der Waals surface area contributed by atoms with Crippen LogP contribution in [0.2, 0.25) is 0 Å². The first-order valence-corrected chi connectivity index (χ1v) is 8.09. The molecule has 0 atom stereocenters. The number of benzene rings is 2. The molecule has 0 aliphatic carbocycles. The number of aryl methyl sites for hydroxylation is 1. The van der Waals surface area contributed by atoms with E-state index in [2.05, 4.69) is 12.1 Å². The smallest absolute Gasteiger partial charge is 0.338 e. The summed E-state index contributed by atoms with van der Waals surface area (Å²) in [5, 5.41) is 0.212. The SMILES string of the molecule is O=C1Cc2ccc(CCCOC(=O)c3ccccc3)cc2S1. The summed E-state index contributed by atoms with van der Waals surface area (Å²) < 4.78 is 5.26. The van der Waals surface area contributed by atoms with Crippen molar-refractivity contribution < 1.29 is 14.3 Å². The fourth-order valence-corrected chi connectivity index (χ4v) is 3.36. The van der Waals surface area contributed by atoms with Crippen LogP contribution in [0.3, 0.4) is 0 Å². The molecule has 0 aromatic heterocycles. The molecule has 0 N–H and O–H groups in total. The molecule has 3 rings (SSSR count). The first-order chi connectivity index (χ1) is 10.7. The van der Waals surface area contributed by atoms with Gasteiger partial charge in [0.05, 0.1) is 12.2 Å². The third-order valence-corrected chi connectivity index (χ3v) is 4.51. The average Bonchev–Trinajstić information content (AvgIpc) is 2.91. The van der Waals surface area contributed by atoms with Gasteiger partial charge in [-0.05, 0) is 42.2 Å². The van der Waals surface area contributed by atoms with Crippen LogP contribution in [-0.4, -0.2) is 17.7 Å². The maximum Gasteiger partial charge on any atom is 0.338 e. The molecular weight excluding hydrogens is 296 g/mol. The predicted octanol–water partition coefficient (Wildman–Crippen LogP) is 3.65. The zero-order chi connectivity index (χ0) is 15.4. The fraction of sp³-hybridized carbons (Fsp3) is 0.222. The summed E-state index contributed by atoms with van der Waals surface area (Å²) in [6.45, 7) is 0.400. The summed E-state index contributed by atoms with van der Waals surface area (Å²) >= 11 is 1.32. The van der Waals surface area contributed by atoms with Gasteiger partial charge < -0.3 is 4.74 Å². The van der Waals surface area contributed by atoms with Gasteiger partial charge in [0.25, 0.3) is 0 Å². The van der Waals surface area contributed by atoms with E-state index in [1.807, 2.05) is 24.3 Å². The Morgan fingerprint density at radius 3 is 2.77 bits per heavy atom. The predicted molar refractivity (Wildman–Crippen MR) is 86.1 cm³/mol. The molecule has 3 nitrogen and oxygen atoms in total. The number of hydrogen-bond donors (Lipinski definition) is 0. The molecular formula is C18H16O3S. The number of rotatable bonds is 5. The quantitative estimate of drug-likeness (QED) is 0.624. The number of thioether (sulfide) groups is 1. The second-order valence-corrected chi connectivity index (χ2v) is 6.30. The highest BCUT2D eigenvalue weighted by atomic mass is 32.2. The maximum atomic E-state index is 11.8. The van der Waals surface area contributed by atoms with Crippen molar-refractivity contribution in [3.8, 4) is 0 Å². The number of carbonyl (C=O) groups is 2. The van der Waals surface area contributed by atoms with Crippen molar-refractivity contribution in [3.63, 3.8) is 0 Å². The monoisotopic (exact) mass is 312 g/mol. The van der Waals surface area contributed by atoms with E-state index in [-0.39, 0.29) is 11.1 Å². The van der Waals surface area contributed by atoms with Crippen LogP contribution in [0.1, 0.15) is 27.9 Å². The van der Waals surface area contributed by atoms with Crippen LogP contribution in [-0.2, 0) is 22.4 Å². The average molecular weight is 312 g/mol. The van der Waals surface area contributed by atoms with Gasteiger partial charge >= 0.3 is 5.97 Å². The van der Waals surface area contributed by atoms with Crippen LogP contribution < -0.4 is 0 Å². The summed E-state index contributed by atoms with van der Waals surface area (Å²) in [7, 11) is 0. The Morgan fingerprint density at radius 1 is 1.14 bits per heavy atom. The van der Waals surface area contributed by atoms with Crippen LogP contribution in [0.15, 0.2) is 53.4 Å². The van der Waals surface area contributed by atoms with E-state index in [9.17, 15) is 9.59 Å². The highest BCUT2D eigenvalue weighted by Gasteiger charge is 2.19. The lowest BCUT2D eigenvalue weighted by Gasteiger charge is -2.06. The van der Waals surface area contributed by atoms with Crippen LogP contribution in [0.5, 0.6) is 0 Å². The molecule has 0 bridgehead atoms. The van der Waals surface area contributed by atoms with E-state index in [4.69, 9.17) is 4.74 Å². The number of esters is 1. The third kappa shape index (κ3) is 3.57. The Bertz CT molecular complexity index is 695. The Balaban J connectivity index is 1.47. The van der Waals surface area contributed by atoms with Crippen molar-refractivity contribution in [2.45, 2.75) is 24.2 Å². The van der Waals surface area contributed by atoms with Crippen molar-refractivity contribution in [3.05, 3.63) is 65.2 Å². The second-order valence-electron chi connectivity index (χ2n) is 5.20. The minimum Gasteiger partial charge on any atom is -0.462 e. The molecule has 2 aromatic carbocycles. The summed E-state index contributed by atoms with van der Waals surface area (Å²) in [6.07, 6.45) is 2.15. The molecule has 0 unspecified atom stereocenters. The molecule has 22 heavy (non-hydrogen) atoms. The van der Waals surface area contributed by atoms with Crippen molar-refractivity contribution in [1.82, 2.24) is 0 Å². The number of hydrogen-bond acceptors (Lipinski definition) is 4. The van der Waals surface area contributed by atoms with Crippen molar-refractivity contribution in [2.75, 3.05) is 6.61 Å². The van der Waals surface area contributed by atoms with Crippen molar-refractivity contribution in [2.24, 2.45) is 0 Å². The summed E-state index contributed by atoms with van der Waals surface area (Å²) in [5.74, 6) is -0.282. The van der Waals surface area contributed by atoms with Crippen molar-refractivity contribution in [1.29, 1.82) is 0 Å². The van der Waals surface area contributed by atoms with E-state index in [0.717, 1.165) is 23.3 Å². The Morgan fingerprint density at radius 2 is 1.95 bits per heavy atom. The van der Waals surface area contributed by atoms with Gasteiger partial charge in [0, 0.05) is 11.3 Å². The van der Waals surface area contributed by atoms with E-state index in [1.54, 1.807) is 12.1 Å². The lowest BCUT2D eigenvalue weighted by Crippen LogP contribution is -2.06. The van der Waals surface area contributed by atoms with Gasteiger partial charge in [0.1, 0.15) is 0 Å². The summed E-state index contributed by atoms with van der Waals surface area (Å²) in [4.78, 5) is 24.2. The van der Waals surface area contributed by atoms with Crippen LogP contribution in [0, 0.1) is 0 Å². The molecule has 0 spiro atoms. The van der Waals surface area contributed by atoms with E-state index >= 15 is 0 Å². The third-order valence-electron chi connectivity index (χ3n) is 3.54. The molecule has 0 radical (unpaired) electrons. The number of ether oxygens (including phenoxy) is 1. The topological polar surface area (TPSA) is 43.4 Å². The maximum absolute atomic E-state index is 11.8. The number of carbonyl (C=O) groups excluding carboxylic acids is 2. The first-order valence-electron chi connectivity index (χ1n) is 7.27. The Labute approximate surface area is 133 Å². The zero-order valence-corrected chi connectivity index (χ0v) is 12.9. The molecule has 0 saturated heterocycles. The molecule has 0 saturated carbocycles. The van der Waals surface area contributed by atoms with E-state index in [0.29, 0.717) is 18.6 Å². The highest BCUT2D eigenvalue weighted by Crippen LogP contribution is 2.33. The standard InChI is InChI=1S/C18H16O3S/c19-17-12-15-9-8-13(11-16(15)22-17)5-4-10-21-18(20)14-6-2-1-3-7-14/h1-3,6-9,11H,4-5,10,12H2. The summed E-state index contributed by atoms with van der Waals surface area (Å²) in [6, 6.07) is 15.2. The van der Waals surface area contributed by atoms with Gasteiger partial charge in [-0.15, -0.1) is 0 Å². The molecule has 2 aromatic rings. The van der Waals surface area contributed by atoms with Crippen LogP contribution in [0.4, 0.5) is 0 Å². The largest absolute Gasteiger partial charge is 0.462 e. The second kappa shape index (κ2) is 6.79. The highest BCUT2D eigenvalue weighted by molar-refractivity contribution is 8.14. The Kier molecular flexibility index (Phi) is 4.59. The van der Waals surface area contributed by atoms with Crippen LogP contribution >= 0.6 is 11.8 Å². The van der Waals surface area contributed by atoms with Gasteiger partial charge in [-0.3, -0.25) is 4.79 Å². The van der Waals surface area contributed by atoms with Gasteiger partial charge in [0.2, 0.25) is 0 Å². The fourth-order valence-electron chi connectivity index (χ4n) is 2.41. The minimum atomic E-state index is -0.282. The molecule has 0 amide bonds. The van der Waals surface area contributed by atoms with Gasteiger partial charge in [-0.25, -0.2) is 4.79 Å². The lowest BCUT2D eigenvalue weighted by atomic mass is 10.1. The molecule has 4 heteroatoms. The summed E-state index contributed by atoms with van der Waals surface area (Å²) in [5.41, 5.74) is 2.88. The van der Waals surface area contributed by atoms with Gasteiger partial charge in [0.15, 0.2) is 5.12 Å². The molecule has 1 heterocycles. The molecule has 1 aliphatic heterocycles. The van der Waals surface area contributed by atoms with E-state index < -0.39 is 0 Å². The van der Waals surface area contributed by atoms with Gasteiger partial charge in [-0.1, -0.05) is 42.1 Å². The van der Waals surface area contributed by atoms with Gasteiger partial charge in [-0.2, -0.15) is 0 Å². The molecule has 1 aliphatic rings. The van der Waals surface area contributed by atoms with Crippen molar-refractivity contribution >= 4 is 22.8 Å². The molecule has 0 fully saturated rings. The van der Waals surface area contributed by atoms with E-state index in [1.165, 1.54) is 17.3 Å².